The Kier molecular flexibility index (Phi) is 3.96. The minimum atomic E-state index is 0.665. The van der Waals surface area contributed by atoms with Crippen LogP contribution in [-0.4, -0.2) is 22.4 Å². The van der Waals surface area contributed by atoms with E-state index in [0.29, 0.717) is 11.8 Å². The molecule has 0 aromatic carbocycles. The van der Waals surface area contributed by atoms with E-state index in [4.69, 9.17) is 11.6 Å². The van der Waals surface area contributed by atoms with E-state index in [2.05, 4.69) is 15.3 Å². The number of alkyl halides is 1. The van der Waals surface area contributed by atoms with Gasteiger partial charge in [0.25, 0.3) is 0 Å². The number of hydrogen-bond donors (Lipinski definition) is 1. The van der Waals surface area contributed by atoms with Gasteiger partial charge in [-0.25, -0.2) is 9.97 Å². The molecule has 72 valence electrons. The van der Waals surface area contributed by atoms with Crippen LogP contribution in [0.2, 0.25) is 0 Å². The van der Waals surface area contributed by atoms with Gasteiger partial charge in [0.2, 0.25) is 5.95 Å². The van der Waals surface area contributed by atoms with Crippen molar-refractivity contribution in [2.45, 2.75) is 20.3 Å². The Morgan fingerprint density at radius 3 is 2.85 bits per heavy atom. The topological polar surface area (TPSA) is 37.8 Å². The Balaban J connectivity index is 2.53. The van der Waals surface area contributed by atoms with Gasteiger partial charge < -0.3 is 5.32 Å². The fraction of sp³-hybridized carbons (Fsp3) is 0.556. The Labute approximate surface area is 83.5 Å². The zero-order chi connectivity index (χ0) is 9.68. The Bertz CT molecular complexity index is 276. The lowest BCUT2D eigenvalue weighted by atomic mass is 10.3. The Hall–Kier alpha value is -0.830. The van der Waals surface area contributed by atoms with Crippen molar-refractivity contribution in [2.24, 2.45) is 0 Å². The van der Waals surface area contributed by atoms with Gasteiger partial charge in [0, 0.05) is 24.3 Å². The molecule has 1 rings (SSSR count). The summed E-state index contributed by atoms with van der Waals surface area (Å²) >= 11 is 5.54. The summed E-state index contributed by atoms with van der Waals surface area (Å²) in [5, 5.41) is 3.11. The second kappa shape index (κ2) is 5.02. The molecule has 3 nitrogen and oxygen atoms in total. The second-order valence-corrected chi connectivity index (χ2v) is 3.31. The molecule has 13 heavy (non-hydrogen) atoms. The summed E-state index contributed by atoms with van der Waals surface area (Å²) in [4.78, 5) is 8.42. The number of anilines is 1. The van der Waals surface area contributed by atoms with E-state index in [9.17, 15) is 0 Å². The van der Waals surface area contributed by atoms with Crippen LogP contribution in [-0.2, 0) is 0 Å². The third kappa shape index (κ3) is 3.19. The molecular formula is C9H14ClN3. The minimum absolute atomic E-state index is 0.665. The third-order valence-electron chi connectivity index (χ3n) is 1.82. The maximum Gasteiger partial charge on any atom is 0.222 e. The summed E-state index contributed by atoms with van der Waals surface area (Å²) in [5.74, 6) is 1.35. The number of aryl methyl sites for hydroxylation is 2. The first kappa shape index (κ1) is 10.3. The van der Waals surface area contributed by atoms with Gasteiger partial charge in [0.15, 0.2) is 0 Å². The molecule has 1 aromatic heterocycles. The van der Waals surface area contributed by atoms with Crippen LogP contribution in [0.25, 0.3) is 0 Å². The van der Waals surface area contributed by atoms with Crippen molar-refractivity contribution in [1.82, 2.24) is 9.97 Å². The summed E-state index contributed by atoms with van der Waals surface area (Å²) in [6, 6.07) is 0. The third-order valence-corrected chi connectivity index (χ3v) is 2.09. The van der Waals surface area contributed by atoms with Crippen molar-refractivity contribution in [1.29, 1.82) is 0 Å². The maximum atomic E-state index is 5.54. The van der Waals surface area contributed by atoms with Gasteiger partial charge in [-0.1, -0.05) is 0 Å². The van der Waals surface area contributed by atoms with E-state index < -0.39 is 0 Å². The molecule has 0 saturated carbocycles. The largest absolute Gasteiger partial charge is 0.354 e. The van der Waals surface area contributed by atoms with Crippen molar-refractivity contribution in [3.05, 3.63) is 17.5 Å². The molecule has 0 atom stereocenters. The van der Waals surface area contributed by atoms with Crippen molar-refractivity contribution < 1.29 is 0 Å². The molecule has 1 heterocycles. The zero-order valence-electron chi connectivity index (χ0n) is 7.97. The van der Waals surface area contributed by atoms with Crippen LogP contribution >= 0.6 is 11.6 Å². The van der Waals surface area contributed by atoms with E-state index in [1.165, 1.54) is 0 Å². The lowest BCUT2D eigenvalue weighted by molar-refractivity contribution is 0.946. The van der Waals surface area contributed by atoms with Crippen LogP contribution in [0.5, 0.6) is 0 Å². The molecule has 1 N–H and O–H groups in total. The molecule has 0 bridgehead atoms. The van der Waals surface area contributed by atoms with Crippen LogP contribution in [0.15, 0.2) is 6.20 Å². The van der Waals surface area contributed by atoms with Gasteiger partial charge in [-0.05, 0) is 25.8 Å². The molecule has 0 aliphatic rings. The van der Waals surface area contributed by atoms with Crippen LogP contribution in [0.3, 0.4) is 0 Å². The fourth-order valence-electron chi connectivity index (χ4n) is 0.879. The molecule has 1 aromatic rings. The smallest absolute Gasteiger partial charge is 0.222 e. The molecule has 0 fully saturated rings. The number of aromatic nitrogens is 2. The molecule has 0 unspecified atom stereocenters. The molecule has 0 aliphatic carbocycles. The maximum absolute atomic E-state index is 5.54. The van der Waals surface area contributed by atoms with E-state index in [1.807, 2.05) is 20.0 Å². The molecule has 0 amide bonds. The monoisotopic (exact) mass is 199 g/mol. The van der Waals surface area contributed by atoms with E-state index >= 15 is 0 Å². The Morgan fingerprint density at radius 1 is 1.46 bits per heavy atom. The lowest BCUT2D eigenvalue weighted by Crippen LogP contribution is -2.06. The number of rotatable bonds is 4. The number of nitrogens with one attached hydrogen (secondary N) is 1. The predicted octanol–water partition coefficient (Wildman–Crippen LogP) is 2.13. The van der Waals surface area contributed by atoms with Crippen molar-refractivity contribution in [3.8, 4) is 0 Å². The quantitative estimate of drug-likeness (QED) is 0.597. The highest BCUT2D eigenvalue weighted by Gasteiger charge is 1.97. The number of nitrogens with zero attached hydrogens (tertiary/aromatic N) is 2. The van der Waals surface area contributed by atoms with Gasteiger partial charge in [-0.15, -0.1) is 11.6 Å². The molecule has 0 saturated heterocycles. The Morgan fingerprint density at radius 2 is 2.23 bits per heavy atom. The standard InChI is InChI=1S/C9H14ClN3/c1-7-6-12-9(13-8(7)2)11-5-3-4-10/h6H,3-5H2,1-2H3,(H,11,12,13). The minimum Gasteiger partial charge on any atom is -0.354 e. The first-order chi connectivity index (χ1) is 6.24. The number of hydrogen-bond acceptors (Lipinski definition) is 3. The zero-order valence-corrected chi connectivity index (χ0v) is 8.73. The summed E-state index contributed by atoms with van der Waals surface area (Å²) in [6.07, 6.45) is 2.75. The summed E-state index contributed by atoms with van der Waals surface area (Å²) in [7, 11) is 0. The van der Waals surface area contributed by atoms with Crippen LogP contribution in [0, 0.1) is 13.8 Å². The molecule has 4 heteroatoms. The SMILES string of the molecule is Cc1cnc(NCCCCl)nc1C. The normalized spacial score (nSPS) is 10.1. The van der Waals surface area contributed by atoms with Gasteiger partial charge in [-0.2, -0.15) is 0 Å². The summed E-state index contributed by atoms with van der Waals surface area (Å²) < 4.78 is 0. The van der Waals surface area contributed by atoms with E-state index in [0.717, 1.165) is 24.2 Å². The van der Waals surface area contributed by atoms with Gasteiger partial charge in [0.1, 0.15) is 0 Å². The average Bonchev–Trinajstić information content (AvgIpc) is 2.12. The first-order valence-electron chi connectivity index (χ1n) is 4.34. The molecular weight excluding hydrogens is 186 g/mol. The van der Waals surface area contributed by atoms with E-state index in [1.54, 1.807) is 0 Å². The first-order valence-corrected chi connectivity index (χ1v) is 4.87. The van der Waals surface area contributed by atoms with Gasteiger partial charge in [0.05, 0.1) is 0 Å². The van der Waals surface area contributed by atoms with Crippen LogP contribution < -0.4 is 5.32 Å². The van der Waals surface area contributed by atoms with Gasteiger partial charge >= 0.3 is 0 Å². The summed E-state index contributed by atoms with van der Waals surface area (Å²) in [5.41, 5.74) is 2.13. The highest BCUT2D eigenvalue weighted by molar-refractivity contribution is 6.17. The highest BCUT2D eigenvalue weighted by Crippen LogP contribution is 2.04. The molecule has 0 aliphatic heterocycles. The summed E-state index contributed by atoms with van der Waals surface area (Å²) in [6.45, 7) is 4.80. The predicted molar refractivity (Wildman–Crippen MR) is 55.3 cm³/mol. The average molecular weight is 200 g/mol. The van der Waals surface area contributed by atoms with Crippen molar-refractivity contribution in [3.63, 3.8) is 0 Å². The van der Waals surface area contributed by atoms with Crippen molar-refractivity contribution in [2.75, 3.05) is 17.7 Å². The second-order valence-electron chi connectivity index (χ2n) is 2.93. The van der Waals surface area contributed by atoms with E-state index in [-0.39, 0.29) is 0 Å². The molecule has 0 radical (unpaired) electrons. The number of halogens is 1. The van der Waals surface area contributed by atoms with Gasteiger partial charge in [-0.3, -0.25) is 0 Å². The lowest BCUT2D eigenvalue weighted by Gasteiger charge is -2.04. The van der Waals surface area contributed by atoms with Crippen LogP contribution in [0.4, 0.5) is 5.95 Å². The van der Waals surface area contributed by atoms with Crippen LogP contribution in [0.1, 0.15) is 17.7 Å². The highest BCUT2D eigenvalue weighted by atomic mass is 35.5. The fourth-order valence-corrected chi connectivity index (χ4v) is 1.01. The van der Waals surface area contributed by atoms with Crippen molar-refractivity contribution >= 4 is 17.5 Å². The molecule has 0 spiro atoms.